The Morgan fingerprint density at radius 2 is 1.70 bits per heavy atom. The Labute approximate surface area is 71.5 Å². The van der Waals surface area contributed by atoms with Crippen molar-refractivity contribution in [3.8, 4) is 0 Å². The molecule has 0 spiro atoms. The number of pyridine rings is 1. The van der Waals surface area contributed by atoms with Crippen LogP contribution in [-0.4, -0.2) is 19.1 Å². The van der Waals surface area contributed by atoms with Gasteiger partial charge >= 0.3 is 16.8 Å². The van der Waals surface area contributed by atoms with E-state index in [9.17, 15) is 0 Å². The van der Waals surface area contributed by atoms with Gasteiger partial charge in [0, 0.05) is 32.2 Å². The fraction of sp³-hybridized carbons (Fsp3) is 0.286. The molecule has 54 valence electrons. The summed E-state index contributed by atoms with van der Waals surface area (Å²) in [5.74, 6) is 0. The molecule has 0 fully saturated rings. The normalized spacial score (nSPS) is 8.20. The van der Waals surface area contributed by atoms with Gasteiger partial charge in [-0.1, -0.05) is 0 Å². The van der Waals surface area contributed by atoms with Gasteiger partial charge in [-0.25, -0.2) is 0 Å². The third-order valence-corrected chi connectivity index (χ3v) is 1.18. The van der Waals surface area contributed by atoms with Gasteiger partial charge in [0.2, 0.25) is 0 Å². The van der Waals surface area contributed by atoms with Crippen molar-refractivity contribution in [3.63, 3.8) is 0 Å². The number of nitrogens with zero attached hydrogens (tertiary/aromatic N) is 2. The first-order valence-corrected chi connectivity index (χ1v) is 2.88. The maximum atomic E-state index is 3.90. The van der Waals surface area contributed by atoms with Gasteiger partial charge in [-0.05, 0) is 12.1 Å². The van der Waals surface area contributed by atoms with Gasteiger partial charge in [0.25, 0.3) is 0 Å². The SMILES string of the molecule is CN(C)c1ccncc1.[Co+3]. The molecule has 0 aliphatic carbocycles. The summed E-state index contributed by atoms with van der Waals surface area (Å²) >= 11 is 0. The van der Waals surface area contributed by atoms with Gasteiger partial charge in [0.15, 0.2) is 0 Å². The molecule has 2 nitrogen and oxygen atoms in total. The standard InChI is InChI=1S/C7H10N2.Co/c1-9(2)7-3-5-8-6-4-7;/h3-6H,1-2H3;/q;+3. The summed E-state index contributed by atoms with van der Waals surface area (Å²) in [4.78, 5) is 5.94. The molecule has 0 bridgehead atoms. The van der Waals surface area contributed by atoms with Crippen molar-refractivity contribution in [2.45, 2.75) is 0 Å². The smallest absolute Gasteiger partial charge is 0.378 e. The zero-order valence-electron chi connectivity index (χ0n) is 6.04. The number of aromatic nitrogens is 1. The minimum Gasteiger partial charge on any atom is -0.378 e. The molecule has 0 saturated heterocycles. The fourth-order valence-electron chi connectivity index (χ4n) is 0.642. The van der Waals surface area contributed by atoms with Crippen LogP contribution in [0.4, 0.5) is 5.69 Å². The average Bonchev–Trinajstić information content (AvgIpc) is 1.90. The number of hydrogen-bond acceptors (Lipinski definition) is 2. The molecule has 10 heavy (non-hydrogen) atoms. The van der Waals surface area contributed by atoms with Crippen LogP contribution < -0.4 is 4.90 Å². The summed E-state index contributed by atoms with van der Waals surface area (Å²) in [6.45, 7) is 0. The van der Waals surface area contributed by atoms with E-state index in [4.69, 9.17) is 0 Å². The van der Waals surface area contributed by atoms with Crippen LogP contribution in [0.25, 0.3) is 0 Å². The summed E-state index contributed by atoms with van der Waals surface area (Å²) in [5.41, 5.74) is 1.19. The van der Waals surface area contributed by atoms with Crippen molar-refractivity contribution >= 4 is 5.69 Å². The summed E-state index contributed by atoms with van der Waals surface area (Å²) in [7, 11) is 4.02. The molecule has 1 rings (SSSR count). The van der Waals surface area contributed by atoms with E-state index in [1.54, 1.807) is 12.4 Å². The van der Waals surface area contributed by atoms with E-state index in [1.807, 2.05) is 31.1 Å². The molecule has 0 aliphatic heterocycles. The Bertz CT molecular complexity index is 174. The second-order valence-corrected chi connectivity index (χ2v) is 2.10. The first kappa shape index (κ1) is 9.46. The topological polar surface area (TPSA) is 16.1 Å². The van der Waals surface area contributed by atoms with E-state index in [0.29, 0.717) is 0 Å². The van der Waals surface area contributed by atoms with E-state index < -0.39 is 0 Å². The van der Waals surface area contributed by atoms with Crippen LogP contribution in [0.2, 0.25) is 0 Å². The van der Waals surface area contributed by atoms with Gasteiger partial charge in [-0.15, -0.1) is 0 Å². The molecule has 1 aromatic heterocycles. The molecule has 0 radical (unpaired) electrons. The molecular weight excluding hydrogens is 171 g/mol. The zero-order chi connectivity index (χ0) is 6.69. The van der Waals surface area contributed by atoms with Crippen LogP contribution in [0, 0.1) is 0 Å². The monoisotopic (exact) mass is 181 g/mol. The molecule has 1 heterocycles. The van der Waals surface area contributed by atoms with Gasteiger partial charge in [0.1, 0.15) is 0 Å². The predicted octanol–water partition coefficient (Wildman–Crippen LogP) is 1.15. The van der Waals surface area contributed by atoms with Crippen molar-refractivity contribution in [2.24, 2.45) is 0 Å². The van der Waals surface area contributed by atoms with Crippen LogP contribution in [0.5, 0.6) is 0 Å². The summed E-state index contributed by atoms with van der Waals surface area (Å²) in [6.07, 6.45) is 3.57. The second kappa shape index (κ2) is 4.30. The Hall–Kier alpha value is -0.544. The quantitative estimate of drug-likeness (QED) is 0.645. The fourth-order valence-corrected chi connectivity index (χ4v) is 0.642. The number of hydrogen-bond donors (Lipinski definition) is 0. The van der Waals surface area contributed by atoms with Crippen LogP contribution in [0.1, 0.15) is 0 Å². The molecule has 3 heteroatoms. The summed E-state index contributed by atoms with van der Waals surface area (Å²) < 4.78 is 0. The first-order valence-electron chi connectivity index (χ1n) is 2.88. The molecule has 0 N–H and O–H groups in total. The van der Waals surface area contributed by atoms with Crippen LogP contribution >= 0.6 is 0 Å². The molecule has 0 unspecified atom stereocenters. The maximum Gasteiger partial charge on any atom is 3.00 e. The molecule has 0 amide bonds. The van der Waals surface area contributed by atoms with Crippen molar-refractivity contribution in [2.75, 3.05) is 19.0 Å². The van der Waals surface area contributed by atoms with Crippen molar-refractivity contribution in [1.29, 1.82) is 0 Å². The van der Waals surface area contributed by atoms with Crippen LogP contribution in [0.15, 0.2) is 24.5 Å². The Morgan fingerprint density at radius 3 is 2.00 bits per heavy atom. The maximum absolute atomic E-state index is 3.90. The van der Waals surface area contributed by atoms with Crippen molar-refractivity contribution < 1.29 is 16.8 Å². The average molecular weight is 181 g/mol. The summed E-state index contributed by atoms with van der Waals surface area (Å²) in [6, 6.07) is 3.94. The molecule has 0 saturated carbocycles. The minimum atomic E-state index is 0. The van der Waals surface area contributed by atoms with Crippen molar-refractivity contribution in [3.05, 3.63) is 24.5 Å². The van der Waals surface area contributed by atoms with E-state index in [1.165, 1.54) is 5.69 Å². The zero-order valence-corrected chi connectivity index (χ0v) is 7.08. The molecular formula is C7H10CoN2+3. The van der Waals surface area contributed by atoms with E-state index in [2.05, 4.69) is 4.98 Å². The third-order valence-electron chi connectivity index (χ3n) is 1.18. The summed E-state index contributed by atoms with van der Waals surface area (Å²) in [5, 5.41) is 0. The van der Waals surface area contributed by atoms with E-state index in [0.717, 1.165) is 0 Å². The van der Waals surface area contributed by atoms with E-state index in [-0.39, 0.29) is 16.8 Å². The third kappa shape index (κ3) is 2.37. The molecule has 1 aromatic rings. The number of anilines is 1. The Balaban J connectivity index is 0.000000810. The van der Waals surface area contributed by atoms with Crippen LogP contribution in [-0.2, 0) is 16.8 Å². The van der Waals surface area contributed by atoms with Crippen molar-refractivity contribution in [1.82, 2.24) is 4.98 Å². The van der Waals surface area contributed by atoms with E-state index >= 15 is 0 Å². The molecule has 0 atom stereocenters. The van der Waals surface area contributed by atoms with Gasteiger partial charge in [0.05, 0.1) is 0 Å². The van der Waals surface area contributed by atoms with Gasteiger partial charge in [-0.3, -0.25) is 4.98 Å². The first-order chi connectivity index (χ1) is 4.30. The Morgan fingerprint density at radius 1 is 1.20 bits per heavy atom. The molecule has 0 aromatic carbocycles. The molecule has 0 aliphatic rings. The largest absolute Gasteiger partial charge is 3.00 e. The van der Waals surface area contributed by atoms with Crippen LogP contribution in [0.3, 0.4) is 0 Å². The van der Waals surface area contributed by atoms with Gasteiger partial charge in [-0.2, -0.15) is 0 Å². The predicted molar refractivity (Wildman–Crippen MR) is 38.6 cm³/mol. The second-order valence-electron chi connectivity index (χ2n) is 2.10. The Kier molecular flexibility index (Phi) is 4.07. The minimum absolute atomic E-state index is 0. The van der Waals surface area contributed by atoms with Gasteiger partial charge < -0.3 is 4.90 Å². The number of rotatable bonds is 1.